The molecule has 4 heteroatoms. The number of ether oxygens (including phenoxy) is 1. The van der Waals surface area contributed by atoms with Crippen LogP contribution in [0.2, 0.25) is 0 Å². The lowest BCUT2D eigenvalue weighted by molar-refractivity contribution is -0.116. The number of carbonyl (C=O) groups excluding carboxylic acids is 1. The lowest BCUT2D eigenvalue weighted by atomic mass is 9.97. The van der Waals surface area contributed by atoms with Gasteiger partial charge in [0.1, 0.15) is 5.75 Å². The van der Waals surface area contributed by atoms with E-state index in [9.17, 15) is 4.79 Å². The first-order valence-electron chi connectivity index (χ1n) is 8.36. The predicted octanol–water partition coefficient (Wildman–Crippen LogP) is 3.94. The fraction of sp³-hybridized carbons (Fsp3) is 0.350. The van der Waals surface area contributed by atoms with Gasteiger partial charge in [-0.05, 0) is 41.8 Å². The summed E-state index contributed by atoms with van der Waals surface area (Å²) in [5.41, 5.74) is 3.11. The average molecular weight is 326 g/mol. The second kappa shape index (κ2) is 9.08. The molecule has 1 atom stereocenters. The Kier molecular flexibility index (Phi) is 6.82. The monoisotopic (exact) mass is 326 g/mol. The van der Waals surface area contributed by atoms with E-state index in [0.29, 0.717) is 6.42 Å². The molecule has 0 spiro atoms. The highest BCUT2D eigenvalue weighted by atomic mass is 16.5. The van der Waals surface area contributed by atoms with E-state index >= 15 is 0 Å². The first kappa shape index (κ1) is 18.0. The van der Waals surface area contributed by atoms with Crippen molar-refractivity contribution in [2.24, 2.45) is 0 Å². The molecule has 2 aromatic rings. The molecule has 0 aliphatic heterocycles. The molecule has 0 saturated carbocycles. The molecule has 1 unspecified atom stereocenters. The standard InChI is InChI=1S/C20H26N2O2/c1-4-21-14-17-7-5-6-8-19(17)22-20(23)13-15(2)16-9-11-18(24-3)12-10-16/h5-12,15,21H,4,13-14H2,1-3H3,(H,22,23). The fourth-order valence-electron chi connectivity index (χ4n) is 2.59. The summed E-state index contributed by atoms with van der Waals surface area (Å²) in [5, 5.41) is 6.33. The lowest BCUT2D eigenvalue weighted by Gasteiger charge is -2.15. The number of rotatable bonds is 8. The van der Waals surface area contributed by atoms with E-state index in [4.69, 9.17) is 4.74 Å². The van der Waals surface area contributed by atoms with E-state index in [-0.39, 0.29) is 11.8 Å². The maximum absolute atomic E-state index is 12.4. The van der Waals surface area contributed by atoms with Gasteiger partial charge in [0, 0.05) is 18.7 Å². The third-order valence-corrected chi connectivity index (χ3v) is 4.03. The topological polar surface area (TPSA) is 50.4 Å². The molecule has 0 saturated heterocycles. The first-order valence-corrected chi connectivity index (χ1v) is 8.36. The van der Waals surface area contributed by atoms with E-state index in [1.54, 1.807) is 7.11 Å². The van der Waals surface area contributed by atoms with Crippen molar-refractivity contribution in [3.05, 3.63) is 59.7 Å². The van der Waals surface area contributed by atoms with Crippen molar-refractivity contribution in [1.82, 2.24) is 5.32 Å². The van der Waals surface area contributed by atoms with Gasteiger partial charge >= 0.3 is 0 Å². The van der Waals surface area contributed by atoms with Gasteiger partial charge in [-0.3, -0.25) is 4.79 Å². The van der Waals surface area contributed by atoms with Crippen molar-refractivity contribution >= 4 is 11.6 Å². The minimum absolute atomic E-state index is 0.0299. The summed E-state index contributed by atoms with van der Waals surface area (Å²) in [6.45, 7) is 5.78. The molecular formula is C20H26N2O2. The zero-order valence-electron chi connectivity index (χ0n) is 14.6. The van der Waals surface area contributed by atoms with Crippen LogP contribution in [0, 0.1) is 0 Å². The molecule has 0 bridgehead atoms. The zero-order valence-corrected chi connectivity index (χ0v) is 14.6. The molecule has 1 amide bonds. The van der Waals surface area contributed by atoms with Crippen LogP contribution in [0.1, 0.15) is 37.3 Å². The van der Waals surface area contributed by atoms with Crippen LogP contribution in [0.3, 0.4) is 0 Å². The van der Waals surface area contributed by atoms with Crippen molar-refractivity contribution in [3.63, 3.8) is 0 Å². The zero-order chi connectivity index (χ0) is 17.4. The van der Waals surface area contributed by atoms with Crippen LogP contribution in [-0.2, 0) is 11.3 Å². The molecule has 2 aromatic carbocycles. The molecular weight excluding hydrogens is 300 g/mol. The summed E-state index contributed by atoms with van der Waals surface area (Å²) in [4.78, 5) is 12.4. The minimum atomic E-state index is 0.0299. The van der Waals surface area contributed by atoms with Gasteiger partial charge in [0.15, 0.2) is 0 Å². The van der Waals surface area contributed by atoms with Gasteiger partial charge in [0.25, 0.3) is 0 Å². The van der Waals surface area contributed by atoms with Gasteiger partial charge < -0.3 is 15.4 Å². The lowest BCUT2D eigenvalue weighted by Crippen LogP contribution is -2.18. The van der Waals surface area contributed by atoms with Gasteiger partial charge in [-0.1, -0.05) is 44.2 Å². The molecule has 0 aromatic heterocycles. The Morgan fingerprint density at radius 2 is 1.83 bits per heavy atom. The van der Waals surface area contributed by atoms with E-state index < -0.39 is 0 Å². The Bertz CT molecular complexity index is 653. The highest BCUT2D eigenvalue weighted by molar-refractivity contribution is 5.92. The van der Waals surface area contributed by atoms with Gasteiger partial charge in [-0.15, -0.1) is 0 Å². The van der Waals surface area contributed by atoms with E-state index in [1.807, 2.05) is 48.5 Å². The van der Waals surface area contributed by atoms with Crippen LogP contribution in [0.4, 0.5) is 5.69 Å². The summed E-state index contributed by atoms with van der Waals surface area (Å²) >= 11 is 0. The highest BCUT2D eigenvalue weighted by Gasteiger charge is 2.13. The Labute approximate surface area is 144 Å². The molecule has 24 heavy (non-hydrogen) atoms. The van der Waals surface area contributed by atoms with Crippen molar-refractivity contribution < 1.29 is 9.53 Å². The number of hydrogen-bond donors (Lipinski definition) is 2. The Hall–Kier alpha value is -2.33. The van der Waals surface area contributed by atoms with Crippen LogP contribution < -0.4 is 15.4 Å². The number of nitrogens with one attached hydrogen (secondary N) is 2. The van der Waals surface area contributed by atoms with Crippen molar-refractivity contribution in [2.45, 2.75) is 32.7 Å². The SMILES string of the molecule is CCNCc1ccccc1NC(=O)CC(C)c1ccc(OC)cc1. The number of methoxy groups -OCH3 is 1. The quantitative estimate of drug-likeness (QED) is 0.772. The number of carbonyl (C=O) groups is 1. The predicted molar refractivity (Wildman–Crippen MR) is 98.5 cm³/mol. The first-order chi connectivity index (χ1) is 11.6. The second-order valence-corrected chi connectivity index (χ2v) is 5.86. The van der Waals surface area contributed by atoms with Gasteiger partial charge in [-0.2, -0.15) is 0 Å². The second-order valence-electron chi connectivity index (χ2n) is 5.86. The van der Waals surface area contributed by atoms with Gasteiger partial charge in [0.05, 0.1) is 7.11 Å². The number of para-hydroxylation sites is 1. The summed E-state index contributed by atoms with van der Waals surface area (Å²) in [5.74, 6) is 1.01. The highest BCUT2D eigenvalue weighted by Crippen LogP contribution is 2.23. The molecule has 4 nitrogen and oxygen atoms in total. The summed E-state index contributed by atoms with van der Waals surface area (Å²) in [7, 11) is 1.65. The van der Waals surface area contributed by atoms with Crippen LogP contribution in [0.5, 0.6) is 5.75 Å². The van der Waals surface area contributed by atoms with Crippen LogP contribution in [-0.4, -0.2) is 19.6 Å². The van der Waals surface area contributed by atoms with Crippen LogP contribution in [0.15, 0.2) is 48.5 Å². The molecule has 0 aliphatic rings. The molecule has 0 radical (unpaired) electrons. The molecule has 0 fully saturated rings. The van der Waals surface area contributed by atoms with Gasteiger partial charge in [-0.25, -0.2) is 0 Å². The third-order valence-electron chi connectivity index (χ3n) is 4.03. The molecule has 0 heterocycles. The van der Waals surface area contributed by atoms with E-state index in [1.165, 1.54) is 0 Å². The van der Waals surface area contributed by atoms with E-state index in [2.05, 4.69) is 24.5 Å². The number of benzene rings is 2. The Morgan fingerprint density at radius 1 is 1.12 bits per heavy atom. The van der Waals surface area contributed by atoms with Crippen LogP contribution in [0.25, 0.3) is 0 Å². The minimum Gasteiger partial charge on any atom is -0.497 e. The normalized spacial score (nSPS) is 11.8. The van der Waals surface area contributed by atoms with Crippen molar-refractivity contribution in [1.29, 1.82) is 0 Å². The Morgan fingerprint density at radius 3 is 2.50 bits per heavy atom. The van der Waals surface area contributed by atoms with Crippen LogP contribution >= 0.6 is 0 Å². The Balaban J connectivity index is 1.97. The molecule has 2 rings (SSSR count). The third kappa shape index (κ3) is 5.10. The number of hydrogen-bond acceptors (Lipinski definition) is 3. The number of amides is 1. The van der Waals surface area contributed by atoms with Gasteiger partial charge in [0.2, 0.25) is 5.91 Å². The number of anilines is 1. The molecule has 128 valence electrons. The summed E-state index contributed by atoms with van der Waals surface area (Å²) in [6, 6.07) is 15.8. The summed E-state index contributed by atoms with van der Waals surface area (Å²) in [6.07, 6.45) is 0.446. The molecule has 0 aliphatic carbocycles. The fourth-order valence-corrected chi connectivity index (χ4v) is 2.59. The van der Waals surface area contributed by atoms with Crippen molar-refractivity contribution in [3.8, 4) is 5.75 Å². The molecule has 2 N–H and O–H groups in total. The smallest absolute Gasteiger partial charge is 0.224 e. The summed E-state index contributed by atoms with van der Waals surface area (Å²) < 4.78 is 5.17. The van der Waals surface area contributed by atoms with E-state index in [0.717, 1.165) is 35.7 Å². The van der Waals surface area contributed by atoms with Crippen molar-refractivity contribution in [2.75, 3.05) is 19.0 Å². The maximum atomic E-state index is 12.4. The largest absolute Gasteiger partial charge is 0.497 e. The maximum Gasteiger partial charge on any atom is 0.224 e. The average Bonchev–Trinajstić information content (AvgIpc) is 2.61.